The number of fused-ring (bicyclic) bond motifs is 1. The molecule has 31 heteroatoms. The zero-order valence-corrected chi connectivity index (χ0v) is 54.2. The number of nitrogens with one attached hydrogen (secondary N) is 9. The van der Waals surface area contributed by atoms with Crippen molar-refractivity contribution >= 4 is 98.2 Å². The summed E-state index contributed by atoms with van der Waals surface area (Å²) in [6.07, 6.45) is -2.91. The predicted molar refractivity (Wildman–Crippen MR) is 343 cm³/mol. The summed E-state index contributed by atoms with van der Waals surface area (Å²) in [5, 5.41) is 74.8. The number of carbonyl (C=O) groups excluding carboxylic acids is 10. The monoisotopic (exact) mass is 1340 g/mol. The Morgan fingerprint density at radius 1 is 0.707 bits per heavy atom. The third-order valence-corrected chi connectivity index (χ3v) is 18.2. The molecule has 2 unspecified atom stereocenters. The molecule has 0 bridgehead atoms. The number of amides is 10. The van der Waals surface area contributed by atoms with Crippen LogP contribution in [-0.4, -0.2) is 193 Å². The Morgan fingerprint density at radius 2 is 1.29 bits per heavy atom. The SMILES string of the molecule is CCC(C)[C@@H](C)NC(=O)[C@H](Cc1ccc(O)cc1)NC(=O)[C@@H]1CSSC[C@H](NC(=O)[C@@H](CCC(=O)O)NC(=O)[C@H](Cc2ccc(O)cc2)NC(=O)[C@@H](N)CCN)C(=O)N2C[C@H](O)CC2C(=O)N[C@@H](Cc2ccc(O)c(Cl)c2)C(=O)NCC(=O)N[C@@H](CC(C)C)C(=O)N1. The van der Waals surface area contributed by atoms with Crippen molar-refractivity contribution in [2.24, 2.45) is 23.3 Å². The fraction of sp³-hybridized carbons (Fsp3) is 0.525. The molecule has 12 atom stereocenters. The first-order chi connectivity index (χ1) is 43.5. The largest absolute Gasteiger partial charge is 0.508 e. The molecular weight excluding hydrogens is 1260 g/mol. The van der Waals surface area contributed by atoms with Crippen LogP contribution < -0.4 is 59.3 Å². The van der Waals surface area contributed by atoms with E-state index in [1.807, 2.05) is 20.8 Å². The van der Waals surface area contributed by atoms with Crippen molar-refractivity contribution in [2.45, 2.75) is 159 Å². The first-order valence-electron chi connectivity index (χ1n) is 30.2. The number of nitrogens with zero attached hydrogens (tertiary/aromatic N) is 1. The molecule has 2 aliphatic heterocycles. The highest BCUT2D eigenvalue weighted by Crippen LogP contribution is 2.28. The van der Waals surface area contributed by atoms with E-state index in [-0.39, 0.29) is 84.6 Å². The summed E-state index contributed by atoms with van der Waals surface area (Å²) < 4.78 is 0. The van der Waals surface area contributed by atoms with Gasteiger partial charge in [-0.1, -0.05) is 97.6 Å². The molecule has 2 heterocycles. The first kappa shape index (κ1) is 74.8. The number of rotatable bonds is 25. The molecule has 504 valence electrons. The zero-order chi connectivity index (χ0) is 67.9. The number of carboxylic acids is 1. The summed E-state index contributed by atoms with van der Waals surface area (Å²) in [7, 11) is 1.79. The van der Waals surface area contributed by atoms with Crippen molar-refractivity contribution in [1.82, 2.24) is 52.8 Å². The second-order valence-electron chi connectivity index (χ2n) is 23.3. The number of nitrogens with two attached hydrogens (primary N) is 2. The number of carbonyl (C=O) groups is 11. The van der Waals surface area contributed by atoms with E-state index in [4.69, 9.17) is 23.1 Å². The highest BCUT2D eigenvalue weighted by Gasteiger charge is 2.44. The summed E-state index contributed by atoms with van der Waals surface area (Å²) >= 11 is 6.22. The van der Waals surface area contributed by atoms with Crippen LogP contribution >= 0.6 is 33.2 Å². The van der Waals surface area contributed by atoms with Gasteiger partial charge in [-0.3, -0.25) is 52.7 Å². The number of aliphatic hydroxyl groups excluding tert-OH is 1. The predicted octanol–water partition coefficient (Wildman–Crippen LogP) is -0.511. The van der Waals surface area contributed by atoms with E-state index in [1.165, 1.54) is 54.6 Å². The van der Waals surface area contributed by atoms with Crippen molar-refractivity contribution in [1.29, 1.82) is 0 Å². The minimum absolute atomic E-state index is 0.0131. The third kappa shape index (κ3) is 23.7. The third-order valence-electron chi connectivity index (χ3n) is 15.5. The van der Waals surface area contributed by atoms with E-state index in [0.717, 1.165) is 26.5 Å². The lowest BCUT2D eigenvalue weighted by molar-refractivity contribution is -0.142. The van der Waals surface area contributed by atoms with Gasteiger partial charge < -0.3 is 89.8 Å². The van der Waals surface area contributed by atoms with Crippen molar-refractivity contribution in [3.8, 4) is 17.2 Å². The summed E-state index contributed by atoms with van der Waals surface area (Å²) in [5.74, 6) is -11.8. The van der Waals surface area contributed by atoms with E-state index in [2.05, 4.69) is 47.9 Å². The minimum atomic E-state index is -1.75. The maximum absolute atomic E-state index is 15.2. The average molecular weight is 1340 g/mol. The first-order valence-corrected chi connectivity index (χ1v) is 33.1. The van der Waals surface area contributed by atoms with Crippen molar-refractivity contribution < 1.29 is 78.3 Å². The minimum Gasteiger partial charge on any atom is -0.508 e. The van der Waals surface area contributed by atoms with Crippen LogP contribution in [0.1, 0.15) is 89.8 Å². The molecule has 2 aliphatic rings. The van der Waals surface area contributed by atoms with Gasteiger partial charge in [0.15, 0.2) is 0 Å². The molecule has 2 fully saturated rings. The molecule has 3 aromatic rings. The summed E-state index contributed by atoms with van der Waals surface area (Å²) in [6.45, 7) is 8.00. The maximum atomic E-state index is 15.2. The molecule has 3 aromatic carbocycles. The fourth-order valence-electron chi connectivity index (χ4n) is 9.92. The lowest BCUT2D eigenvalue weighted by Gasteiger charge is -2.31. The summed E-state index contributed by atoms with van der Waals surface area (Å²) in [5.41, 5.74) is 13.0. The summed E-state index contributed by atoms with van der Waals surface area (Å²) in [4.78, 5) is 157. The van der Waals surface area contributed by atoms with Crippen molar-refractivity contribution in [3.63, 3.8) is 0 Å². The molecule has 18 N–H and O–H groups in total. The maximum Gasteiger partial charge on any atom is 0.303 e. The number of aliphatic carboxylic acids is 1. The number of phenolic OH excluding ortho intramolecular Hbond substituents is 3. The molecule has 0 radical (unpaired) electrons. The molecule has 10 amide bonds. The number of halogens is 1. The Kier molecular flexibility index (Phi) is 29.6. The Bertz CT molecular complexity index is 3080. The Morgan fingerprint density at radius 3 is 1.88 bits per heavy atom. The van der Waals surface area contributed by atoms with Crippen LogP contribution in [0.5, 0.6) is 17.2 Å². The van der Waals surface area contributed by atoms with Gasteiger partial charge in [-0.05, 0) is 97.7 Å². The Labute approximate surface area is 545 Å². The molecule has 0 saturated carbocycles. The normalized spacial score (nSPS) is 21.5. The van der Waals surface area contributed by atoms with E-state index in [9.17, 15) is 73.5 Å². The van der Waals surface area contributed by atoms with E-state index >= 15 is 4.79 Å². The van der Waals surface area contributed by atoms with Crippen LogP contribution in [0.25, 0.3) is 0 Å². The van der Waals surface area contributed by atoms with Crippen LogP contribution in [0.4, 0.5) is 0 Å². The number of phenols is 3. The highest BCUT2D eigenvalue weighted by atomic mass is 35.5. The zero-order valence-electron chi connectivity index (χ0n) is 51.8. The molecule has 0 aliphatic carbocycles. The average Bonchev–Trinajstić information content (AvgIpc) is 1.66. The molecule has 92 heavy (non-hydrogen) atoms. The van der Waals surface area contributed by atoms with Crippen molar-refractivity contribution in [3.05, 3.63) is 88.4 Å². The molecule has 28 nitrogen and oxygen atoms in total. The number of benzene rings is 3. The Hall–Kier alpha value is -7.90. The van der Waals surface area contributed by atoms with Gasteiger partial charge in [0, 0.05) is 56.2 Å². The molecule has 5 rings (SSSR count). The second-order valence-corrected chi connectivity index (χ2v) is 26.3. The van der Waals surface area contributed by atoms with Gasteiger partial charge in [-0.15, -0.1) is 0 Å². The molecule has 0 spiro atoms. The Balaban J connectivity index is 1.58. The molecular formula is C61H85ClN12O16S2. The van der Waals surface area contributed by atoms with Gasteiger partial charge in [-0.25, -0.2) is 0 Å². The van der Waals surface area contributed by atoms with Crippen molar-refractivity contribution in [2.75, 3.05) is 31.1 Å². The molecule has 0 aromatic heterocycles. The number of hydrogen-bond acceptors (Lipinski definition) is 19. The van der Waals surface area contributed by atoms with Crippen LogP contribution in [0.2, 0.25) is 5.02 Å². The number of aliphatic hydroxyl groups is 1. The van der Waals surface area contributed by atoms with E-state index in [1.54, 1.807) is 26.0 Å². The van der Waals surface area contributed by atoms with Crippen LogP contribution in [-0.2, 0) is 72.0 Å². The molecule has 2 saturated heterocycles. The topological polar surface area (TPSA) is 452 Å². The van der Waals surface area contributed by atoms with Crippen LogP contribution in [0.3, 0.4) is 0 Å². The van der Waals surface area contributed by atoms with E-state index in [0.29, 0.717) is 23.1 Å². The van der Waals surface area contributed by atoms with Crippen LogP contribution in [0.15, 0.2) is 66.7 Å². The lowest BCUT2D eigenvalue weighted by Crippen LogP contribution is -2.60. The quantitative estimate of drug-likeness (QED) is 0.0475. The van der Waals surface area contributed by atoms with Gasteiger partial charge >= 0.3 is 5.97 Å². The van der Waals surface area contributed by atoms with Crippen LogP contribution in [0, 0.1) is 11.8 Å². The van der Waals surface area contributed by atoms with Gasteiger partial charge in [0.2, 0.25) is 59.1 Å². The summed E-state index contributed by atoms with van der Waals surface area (Å²) in [6, 6.07) is 1.92. The number of carboxylic acid groups (broad SMARTS) is 1. The van der Waals surface area contributed by atoms with Gasteiger partial charge in [0.05, 0.1) is 23.7 Å². The fourth-order valence-corrected chi connectivity index (χ4v) is 12.4. The highest BCUT2D eigenvalue weighted by molar-refractivity contribution is 8.76. The van der Waals surface area contributed by atoms with E-state index < -0.39 is 164 Å². The number of hydrogen-bond donors (Lipinski definition) is 16. The standard InChI is InChI=1S/C61H85ClN12O16S2/c1-6-32(4)33(5)66-56(85)45(23-34-7-12-37(75)13-8-34)70-59(88)47-29-91-92-30-48(73-55(84)42(16-18-52(80)81)68-58(87)46(69-53(82)41(64)19-20-63)24-35-9-14-38(76)15-10-35)61(90)74-28-39(77)26-49(74)60(89)71-44(25-36-11-17-50(78)40(62)22-36)54(83)65-27-51(79)67-43(21-31(2)3)57(86)72-47/h7-15,17,22,31-33,39,41-49,75-78H,6,16,18-21,23-30,63-64H2,1-5H3,(H,65,83)(H,66,85)(H,67,79)(H,68,87)(H,69,82)(H,70,88)(H,71,89)(H,72,86)(H,73,84)(H,80,81)/t32?,33-,39-,41+,42-,43+,44+,45+,46+,47+,48+,49?/m1/s1. The van der Waals surface area contributed by atoms with Gasteiger partial charge in [0.25, 0.3) is 0 Å². The smallest absolute Gasteiger partial charge is 0.303 e. The lowest BCUT2D eigenvalue weighted by atomic mass is 9.99. The van der Waals surface area contributed by atoms with Gasteiger partial charge in [-0.2, -0.15) is 0 Å². The second kappa shape index (κ2) is 36.4. The van der Waals surface area contributed by atoms with Gasteiger partial charge in [0.1, 0.15) is 65.6 Å². The number of aromatic hydroxyl groups is 3.